The number of esters is 2. The van der Waals surface area contributed by atoms with Crippen molar-refractivity contribution in [1.82, 2.24) is 15.2 Å². The van der Waals surface area contributed by atoms with E-state index in [0.717, 1.165) is 17.8 Å². The van der Waals surface area contributed by atoms with E-state index < -0.39 is 47.4 Å². The minimum Gasteiger partial charge on any atom is -0.427 e. The monoisotopic (exact) mass is 613 g/mol. The number of carbonyl (C=O) groups excluding carboxylic acids is 4. The van der Waals surface area contributed by atoms with E-state index in [2.05, 4.69) is 15.5 Å². The number of thioether (sulfide) groups is 2. The van der Waals surface area contributed by atoms with E-state index >= 15 is 0 Å². The van der Waals surface area contributed by atoms with Crippen LogP contribution in [0.1, 0.15) is 32.9 Å². The molecular weight excluding hydrogens is 582 g/mol. The lowest BCUT2D eigenvalue weighted by atomic mass is 9.98. The fourth-order valence-electron chi connectivity index (χ4n) is 3.95. The molecule has 13 nitrogen and oxygen atoms in total. The minimum absolute atomic E-state index is 0.0908. The van der Waals surface area contributed by atoms with Gasteiger partial charge in [0.2, 0.25) is 6.79 Å². The van der Waals surface area contributed by atoms with Crippen molar-refractivity contribution in [3.05, 3.63) is 21.7 Å². The molecule has 3 aliphatic heterocycles. The number of thiazole rings is 1. The normalized spacial score (nSPS) is 22.9. The highest BCUT2D eigenvalue weighted by Gasteiger charge is 2.55. The van der Waals surface area contributed by atoms with Crippen LogP contribution in [-0.4, -0.2) is 89.4 Å². The smallest absolute Gasteiger partial charge is 0.358 e. The molecule has 1 aromatic heterocycles. The van der Waals surface area contributed by atoms with Crippen molar-refractivity contribution in [1.29, 1.82) is 0 Å². The Bertz CT molecular complexity index is 1220. The molecule has 2 unspecified atom stereocenters. The molecule has 3 aliphatic rings. The number of nitrogens with two attached hydrogens (primary N) is 1. The summed E-state index contributed by atoms with van der Waals surface area (Å²) in [7, 11) is 1.29. The largest absolute Gasteiger partial charge is 0.427 e. The second-order valence-corrected chi connectivity index (χ2v) is 13.2. The Hall–Kier alpha value is -2.82. The summed E-state index contributed by atoms with van der Waals surface area (Å²) in [5.41, 5.74) is 5.09. The highest BCUT2D eigenvalue weighted by Crippen LogP contribution is 2.44. The van der Waals surface area contributed by atoms with Crippen molar-refractivity contribution in [2.75, 3.05) is 44.4 Å². The molecule has 2 fully saturated rings. The molecule has 0 bridgehead atoms. The maximum atomic E-state index is 13.3. The lowest BCUT2D eigenvalue weighted by molar-refractivity contribution is -0.173. The zero-order valence-corrected chi connectivity index (χ0v) is 24.9. The van der Waals surface area contributed by atoms with Gasteiger partial charge in [0.25, 0.3) is 11.8 Å². The molecule has 2 saturated heterocycles. The first-order valence-corrected chi connectivity index (χ1v) is 15.3. The van der Waals surface area contributed by atoms with Gasteiger partial charge in [-0.25, -0.2) is 9.78 Å². The average molecular weight is 614 g/mol. The second kappa shape index (κ2) is 12.8. The number of β-lactam (4-membered cyclic amide) rings is 1. The number of anilines is 1. The highest BCUT2D eigenvalue weighted by atomic mass is 32.2. The van der Waals surface area contributed by atoms with Crippen LogP contribution in [0.2, 0.25) is 0 Å². The molecule has 3 N–H and O–H groups in total. The first-order chi connectivity index (χ1) is 19.0. The molecule has 16 heteroatoms. The fourth-order valence-corrected chi connectivity index (χ4v) is 7.25. The summed E-state index contributed by atoms with van der Waals surface area (Å²) < 4.78 is 15.8. The van der Waals surface area contributed by atoms with Crippen LogP contribution in [0.3, 0.4) is 0 Å². The molecule has 0 radical (unpaired) electrons. The van der Waals surface area contributed by atoms with Gasteiger partial charge < -0.3 is 30.1 Å². The number of oxime groups is 1. The number of fused-ring (bicyclic) bond motifs is 1. The van der Waals surface area contributed by atoms with Crippen molar-refractivity contribution in [2.45, 2.75) is 38.6 Å². The predicted octanol–water partition coefficient (Wildman–Crippen LogP) is 1.55. The van der Waals surface area contributed by atoms with Gasteiger partial charge in [-0.15, -0.1) is 34.9 Å². The number of aromatic nitrogens is 1. The number of hydrogen-bond donors (Lipinski definition) is 2. The summed E-state index contributed by atoms with van der Waals surface area (Å²) in [4.78, 5) is 62.5. The van der Waals surface area contributed by atoms with Crippen molar-refractivity contribution in [3.63, 3.8) is 0 Å². The number of hydrogen-bond acceptors (Lipinski definition) is 14. The van der Waals surface area contributed by atoms with Gasteiger partial charge in [0.05, 0.1) is 12.0 Å². The van der Waals surface area contributed by atoms with Crippen LogP contribution in [0.25, 0.3) is 0 Å². The molecule has 218 valence electrons. The van der Waals surface area contributed by atoms with Crippen LogP contribution >= 0.6 is 34.9 Å². The quantitative estimate of drug-likeness (QED) is 0.128. The molecule has 4 heterocycles. The zero-order chi connectivity index (χ0) is 29.0. The summed E-state index contributed by atoms with van der Waals surface area (Å²) in [6.45, 7) is 5.81. The number of carbonyl (C=O) groups is 4. The maximum Gasteiger partial charge on any atom is 0.358 e. The van der Waals surface area contributed by atoms with E-state index in [1.54, 1.807) is 26.2 Å². The third-order valence-corrected chi connectivity index (χ3v) is 9.55. The number of nitrogen functional groups attached to an aromatic ring is 1. The van der Waals surface area contributed by atoms with Crippen molar-refractivity contribution in [3.8, 4) is 0 Å². The van der Waals surface area contributed by atoms with Gasteiger partial charge in [-0.1, -0.05) is 5.16 Å². The molecule has 0 spiro atoms. The molecular formula is C24H31N5O8S3. The topological polar surface area (TPSA) is 172 Å². The van der Waals surface area contributed by atoms with Crippen LogP contribution in [0.5, 0.6) is 0 Å². The SMILES string of the molecule is CO/N=C(\C(=O)NC1C(=O)N2C(C(=O)OCOC(=O)C(C)(C)C)=C(SCC3CCOC3)CS[C@@H]12)c1csc(N)n1. The van der Waals surface area contributed by atoms with E-state index in [0.29, 0.717) is 35.5 Å². The molecule has 0 saturated carbocycles. The number of nitrogens with one attached hydrogen (secondary N) is 1. The average Bonchev–Trinajstić information content (AvgIpc) is 3.59. The number of rotatable bonds is 10. The summed E-state index contributed by atoms with van der Waals surface area (Å²) >= 11 is 4.03. The van der Waals surface area contributed by atoms with Gasteiger partial charge in [-0.2, -0.15) is 0 Å². The number of nitrogens with zero attached hydrogens (tertiary/aromatic N) is 3. The maximum absolute atomic E-state index is 13.3. The van der Waals surface area contributed by atoms with E-state index in [9.17, 15) is 19.2 Å². The zero-order valence-electron chi connectivity index (χ0n) is 22.5. The number of ether oxygens (including phenoxy) is 3. The fraction of sp³-hybridized carbons (Fsp3) is 0.583. The van der Waals surface area contributed by atoms with Gasteiger partial charge in [0, 0.05) is 28.4 Å². The first-order valence-electron chi connectivity index (χ1n) is 12.4. The van der Waals surface area contributed by atoms with Gasteiger partial charge in [-0.05, 0) is 33.1 Å². The van der Waals surface area contributed by atoms with Gasteiger partial charge in [-0.3, -0.25) is 19.3 Å². The Morgan fingerprint density at radius 3 is 2.73 bits per heavy atom. The molecule has 40 heavy (non-hydrogen) atoms. The molecule has 4 rings (SSSR count). The van der Waals surface area contributed by atoms with E-state index in [1.165, 1.54) is 35.5 Å². The van der Waals surface area contributed by atoms with E-state index in [4.69, 9.17) is 24.8 Å². The Balaban J connectivity index is 1.49. The van der Waals surface area contributed by atoms with Crippen LogP contribution < -0.4 is 11.1 Å². The Morgan fingerprint density at radius 1 is 1.32 bits per heavy atom. The minimum atomic E-state index is -0.924. The van der Waals surface area contributed by atoms with Crippen LogP contribution in [-0.2, 0) is 38.2 Å². The van der Waals surface area contributed by atoms with E-state index in [-0.39, 0.29) is 22.2 Å². The Labute approximate surface area is 243 Å². The van der Waals surface area contributed by atoms with Gasteiger partial charge in [0.1, 0.15) is 29.9 Å². The molecule has 2 amide bonds. The molecule has 1 aromatic rings. The van der Waals surface area contributed by atoms with Crippen LogP contribution in [0.4, 0.5) is 5.13 Å². The summed E-state index contributed by atoms with van der Waals surface area (Å²) in [6.07, 6.45) is 0.922. The third-order valence-electron chi connectivity index (χ3n) is 6.09. The van der Waals surface area contributed by atoms with Crippen LogP contribution in [0, 0.1) is 11.3 Å². The third kappa shape index (κ3) is 6.72. The summed E-state index contributed by atoms with van der Waals surface area (Å²) in [5.74, 6) is -0.993. The molecule has 0 aromatic carbocycles. The summed E-state index contributed by atoms with van der Waals surface area (Å²) in [6, 6.07) is -0.924. The Morgan fingerprint density at radius 2 is 2.10 bits per heavy atom. The second-order valence-electron chi connectivity index (χ2n) is 10.1. The lowest BCUT2D eigenvalue weighted by Crippen LogP contribution is -2.71. The van der Waals surface area contributed by atoms with Crippen LogP contribution in [0.15, 0.2) is 21.1 Å². The van der Waals surface area contributed by atoms with Crippen molar-refractivity contribution >= 4 is 69.5 Å². The highest BCUT2D eigenvalue weighted by molar-refractivity contribution is 8.06. The van der Waals surface area contributed by atoms with Crippen molar-refractivity contribution < 1.29 is 38.2 Å². The summed E-state index contributed by atoms with van der Waals surface area (Å²) in [5, 5.41) is 7.68. The van der Waals surface area contributed by atoms with Gasteiger partial charge in [0.15, 0.2) is 10.8 Å². The number of amides is 2. The van der Waals surface area contributed by atoms with Gasteiger partial charge >= 0.3 is 11.9 Å². The molecule has 3 atom stereocenters. The first kappa shape index (κ1) is 30.1. The van der Waals surface area contributed by atoms with E-state index in [1.807, 2.05) is 0 Å². The molecule has 0 aliphatic carbocycles. The Kier molecular flexibility index (Phi) is 9.64. The predicted molar refractivity (Wildman–Crippen MR) is 150 cm³/mol. The standard InChI is InChI=1S/C24H31N5O8S3/c1-24(2,3)22(33)37-11-36-21(32)17-14(38-8-12-5-6-35-7-12)10-39-20-16(19(31)29(17)20)27-18(30)15(28-34-4)13-9-40-23(25)26-13/h9,12,16,20H,5-8,10-11H2,1-4H3,(H2,25,26)(H,27,30)/b28-15-/t12?,16?,20-/m0/s1. The lowest BCUT2D eigenvalue weighted by Gasteiger charge is -2.49. The van der Waals surface area contributed by atoms with Crippen molar-refractivity contribution in [2.24, 2.45) is 16.5 Å².